The van der Waals surface area contributed by atoms with E-state index in [1.165, 1.54) is 6.07 Å². The van der Waals surface area contributed by atoms with Gasteiger partial charge in [0.25, 0.3) is 0 Å². The number of phenols is 2. The van der Waals surface area contributed by atoms with Gasteiger partial charge in [-0.3, -0.25) is 0 Å². The van der Waals surface area contributed by atoms with Gasteiger partial charge in [0.15, 0.2) is 0 Å². The van der Waals surface area contributed by atoms with Gasteiger partial charge in [-0.15, -0.1) is 0 Å². The molecule has 0 spiro atoms. The standard InChI is InChI=1S/C20H22N2O2/c1-12(2)16-10-17(20(24)11-19(16)23)13(3)21-15-5-6-18-14(9-15)7-8-22(18)4/h5-12,21,23-24H,3H2,1-2,4H3. The summed E-state index contributed by atoms with van der Waals surface area (Å²) in [5.74, 6) is 0.262. The Morgan fingerprint density at radius 2 is 1.83 bits per heavy atom. The molecule has 1 aromatic heterocycles. The maximum atomic E-state index is 10.2. The molecule has 124 valence electrons. The molecule has 3 aromatic rings. The third-order valence-electron chi connectivity index (χ3n) is 4.27. The van der Waals surface area contributed by atoms with E-state index in [-0.39, 0.29) is 17.4 Å². The first-order chi connectivity index (χ1) is 11.4. The van der Waals surface area contributed by atoms with Crippen molar-refractivity contribution in [2.24, 2.45) is 7.05 Å². The van der Waals surface area contributed by atoms with Gasteiger partial charge in [-0.1, -0.05) is 20.4 Å². The van der Waals surface area contributed by atoms with Gasteiger partial charge in [0, 0.05) is 47.2 Å². The molecular weight excluding hydrogens is 300 g/mol. The van der Waals surface area contributed by atoms with Crippen LogP contribution in [0.2, 0.25) is 0 Å². The van der Waals surface area contributed by atoms with Crippen molar-refractivity contribution in [1.29, 1.82) is 0 Å². The number of nitrogens with one attached hydrogen (secondary N) is 1. The van der Waals surface area contributed by atoms with Crippen molar-refractivity contribution >= 4 is 22.3 Å². The van der Waals surface area contributed by atoms with Crippen LogP contribution >= 0.6 is 0 Å². The Hall–Kier alpha value is -2.88. The van der Waals surface area contributed by atoms with Crippen LogP contribution in [-0.4, -0.2) is 14.8 Å². The van der Waals surface area contributed by atoms with E-state index in [1.54, 1.807) is 6.07 Å². The molecule has 0 unspecified atom stereocenters. The Kier molecular flexibility index (Phi) is 3.97. The van der Waals surface area contributed by atoms with E-state index in [1.807, 2.05) is 45.3 Å². The summed E-state index contributed by atoms with van der Waals surface area (Å²) in [5.41, 5.74) is 4.01. The van der Waals surface area contributed by atoms with Crippen LogP contribution in [0.1, 0.15) is 30.9 Å². The van der Waals surface area contributed by atoms with Crippen LogP contribution in [-0.2, 0) is 7.05 Å². The highest BCUT2D eigenvalue weighted by Crippen LogP contribution is 2.35. The lowest BCUT2D eigenvalue weighted by Gasteiger charge is -2.16. The van der Waals surface area contributed by atoms with Gasteiger partial charge < -0.3 is 20.1 Å². The lowest BCUT2D eigenvalue weighted by Crippen LogP contribution is -2.00. The first-order valence-corrected chi connectivity index (χ1v) is 7.94. The van der Waals surface area contributed by atoms with Crippen LogP contribution < -0.4 is 5.32 Å². The Morgan fingerprint density at radius 1 is 1.08 bits per heavy atom. The van der Waals surface area contributed by atoms with Gasteiger partial charge >= 0.3 is 0 Å². The number of aromatic hydroxyl groups is 2. The average molecular weight is 322 g/mol. The topological polar surface area (TPSA) is 57.4 Å². The number of aromatic nitrogens is 1. The number of rotatable bonds is 4. The molecule has 4 nitrogen and oxygen atoms in total. The maximum absolute atomic E-state index is 10.2. The van der Waals surface area contributed by atoms with Crippen molar-refractivity contribution in [2.75, 3.05) is 5.32 Å². The summed E-state index contributed by atoms with van der Waals surface area (Å²) >= 11 is 0. The van der Waals surface area contributed by atoms with E-state index in [0.29, 0.717) is 11.3 Å². The van der Waals surface area contributed by atoms with Crippen LogP contribution in [0.5, 0.6) is 11.5 Å². The summed E-state index contributed by atoms with van der Waals surface area (Å²) < 4.78 is 2.06. The molecule has 2 aromatic carbocycles. The van der Waals surface area contributed by atoms with Crippen LogP contribution in [0.3, 0.4) is 0 Å². The minimum Gasteiger partial charge on any atom is -0.508 e. The number of aryl methyl sites for hydroxylation is 1. The number of phenolic OH excluding ortho intramolecular Hbond substituents is 2. The predicted octanol–water partition coefficient (Wildman–Crippen LogP) is 4.80. The quantitative estimate of drug-likeness (QED) is 0.647. The van der Waals surface area contributed by atoms with E-state index in [9.17, 15) is 10.2 Å². The molecule has 3 rings (SSSR count). The van der Waals surface area contributed by atoms with Crippen molar-refractivity contribution in [3.63, 3.8) is 0 Å². The maximum Gasteiger partial charge on any atom is 0.128 e. The Labute approximate surface area is 141 Å². The molecule has 4 heteroatoms. The number of hydrogen-bond donors (Lipinski definition) is 3. The SMILES string of the molecule is C=C(Nc1ccc2c(ccn2C)c1)c1cc(C(C)C)c(O)cc1O. The molecular formula is C20H22N2O2. The zero-order valence-corrected chi connectivity index (χ0v) is 14.2. The first kappa shape index (κ1) is 16.0. The monoisotopic (exact) mass is 322 g/mol. The molecule has 3 N–H and O–H groups in total. The van der Waals surface area contributed by atoms with Crippen LogP contribution in [0.25, 0.3) is 16.6 Å². The van der Waals surface area contributed by atoms with Crippen molar-refractivity contribution < 1.29 is 10.2 Å². The van der Waals surface area contributed by atoms with Crippen molar-refractivity contribution in [1.82, 2.24) is 4.57 Å². The van der Waals surface area contributed by atoms with Crippen molar-refractivity contribution in [2.45, 2.75) is 19.8 Å². The van der Waals surface area contributed by atoms with E-state index in [0.717, 1.165) is 22.2 Å². The fraction of sp³-hybridized carbons (Fsp3) is 0.200. The van der Waals surface area contributed by atoms with Gasteiger partial charge in [0.1, 0.15) is 11.5 Å². The molecule has 24 heavy (non-hydrogen) atoms. The summed E-state index contributed by atoms with van der Waals surface area (Å²) in [4.78, 5) is 0. The average Bonchev–Trinajstić information content (AvgIpc) is 2.87. The molecule has 0 radical (unpaired) electrons. The second-order valence-corrected chi connectivity index (χ2v) is 6.39. The lowest BCUT2D eigenvalue weighted by molar-refractivity contribution is 0.443. The Bertz CT molecular complexity index is 923. The highest BCUT2D eigenvalue weighted by atomic mass is 16.3. The van der Waals surface area contributed by atoms with Gasteiger partial charge in [-0.25, -0.2) is 0 Å². The molecule has 0 bridgehead atoms. The van der Waals surface area contributed by atoms with E-state index in [2.05, 4.69) is 22.5 Å². The molecule has 0 saturated carbocycles. The lowest BCUT2D eigenvalue weighted by atomic mass is 9.98. The third kappa shape index (κ3) is 2.83. The number of benzene rings is 2. The Morgan fingerprint density at radius 3 is 2.54 bits per heavy atom. The highest BCUT2D eigenvalue weighted by molar-refractivity contribution is 5.87. The summed E-state index contributed by atoms with van der Waals surface area (Å²) in [7, 11) is 2.01. The third-order valence-corrected chi connectivity index (χ3v) is 4.27. The Balaban J connectivity index is 1.92. The first-order valence-electron chi connectivity index (χ1n) is 7.94. The largest absolute Gasteiger partial charge is 0.508 e. The molecule has 0 amide bonds. The second kappa shape index (κ2) is 5.96. The van der Waals surface area contributed by atoms with Crippen LogP contribution in [0.4, 0.5) is 5.69 Å². The number of nitrogens with zero attached hydrogens (tertiary/aromatic N) is 1. The van der Waals surface area contributed by atoms with Gasteiger partial charge in [-0.2, -0.15) is 0 Å². The second-order valence-electron chi connectivity index (χ2n) is 6.39. The molecule has 0 atom stereocenters. The van der Waals surface area contributed by atoms with E-state index < -0.39 is 0 Å². The molecule has 1 heterocycles. The van der Waals surface area contributed by atoms with Gasteiger partial charge in [0.05, 0.1) is 0 Å². The van der Waals surface area contributed by atoms with Gasteiger partial charge in [0.2, 0.25) is 0 Å². The summed E-state index contributed by atoms with van der Waals surface area (Å²) in [6.07, 6.45) is 2.02. The summed E-state index contributed by atoms with van der Waals surface area (Å²) in [5, 5.41) is 24.5. The minimum absolute atomic E-state index is 0.00943. The van der Waals surface area contributed by atoms with E-state index >= 15 is 0 Å². The number of anilines is 1. The molecule has 0 aliphatic rings. The van der Waals surface area contributed by atoms with Crippen LogP contribution in [0.15, 0.2) is 49.2 Å². The molecule has 0 aliphatic heterocycles. The van der Waals surface area contributed by atoms with Crippen LogP contribution in [0, 0.1) is 0 Å². The zero-order valence-electron chi connectivity index (χ0n) is 14.2. The fourth-order valence-electron chi connectivity index (χ4n) is 2.90. The molecule has 0 saturated heterocycles. The fourth-order valence-corrected chi connectivity index (χ4v) is 2.90. The van der Waals surface area contributed by atoms with Crippen molar-refractivity contribution in [3.05, 3.63) is 60.3 Å². The predicted molar refractivity (Wildman–Crippen MR) is 99.4 cm³/mol. The van der Waals surface area contributed by atoms with E-state index in [4.69, 9.17) is 0 Å². The normalized spacial score (nSPS) is 11.2. The number of hydrogen-bond acceptors (Lipinski definition) is 3. The minimum atomic E-state index is 0.00943. The van der Waals surface area contributed by atoms with Gasteiger partial charge in [-0.05, 0) is 41.8 Å². The zero-order chi connectivity index (χ0) is 17.4. The molecule has 0 fully saturated rings. The smallest absolute Gasteiger partial charge is 0.128 e. The summed E-state index contributed by atoms with van der Waals surface area (Å²) in [6, 6.07) is 11.3. The van der Waals surface area contributed by atoms with Crippen molar-refractivity contribution in [3.8, 4) is 11.5 Å². The molecule has 0 aliphatic carbocycles. The highest BCUT2D eigenvalue weighted by Gasteiger charge is 2.14. The number of fused-ring (bicyclic) bond motifs is 1. The summed E-state index contributed by atoms with van der Waals surface area (Å²) in [6.45, 7) is 8.03.